The van der Waals surface area contributed by atoms with Gasteiger partial charge in [-0.3, -0.25) is 9.59 Å². The Morgan fingerprint density at radius 1 is 1.26 bits per heavy atom. The predicted octanol–water partition coefficient (Wildman–Crippen LogP) is 1.59. The van der Waals surface area contributed by atoms with E-state index >= 15 is 0 Å². The number of nitrogens with one attached hydrogen (secondary N) is 1. The summed E-state index contributed by atoms with van der Waals surface area (Å²) in [6, 6.07) is 4.42. The van der Waals surface area contributed by atoms with Crippen molar-refractivity contribution in [3.8, 4) is 11.5 Å². The molecule has 2 fully saturated rings. The Bertz CT molecular complexity index is 1100. The molecule has 6 atom stereocenters. The summed E-state index contributed by atoms with van der Waals surface area (Å²) in [7, 11) is 5.51. The number of likely N-dealkylation sites (N-methyl/N-ethyl adjacent to an activating group) is 1. The highest BCUT2D eigenvalue weighted by atomic mass is 16.6. The number of rotatable bonds is 6. The van der Waals surface area contributed by atoms with Crippen LogP contribution in [0, 0.1) is 11.3 Å². The molecule has 34 heavy (non-hydrogen) atoms. The van der Waals surface area contributed by atoms with Crippen LogP contribution in [0.4, 0.5) is 0 Å². The molecule has 2 heterocycles. The van der Waals surface area contributed by atoms with E-state index in [2.05, 4.69) is 35.5 Å². The van der Waals surface area contributed by atoms with Crippen LogP contribution in [0.3, 0.4) is 0 Å². The standard InChI is InChI=1S/C26H32N2O6/c1-5-33-19(29)14-27-22(30)16-13-24-8-9-26(16,32-4)23-25(24)10-11-28(2)18(24)12-15-6-7-17(31-3)21(34-23)20(15)25/h6-9,16,18,23H,5,10-14H2,1-4H3,(H,27,30)/t16-,18-,23+,24-,25+,26-/m1/s1. The molecule has 8 heteroatoms. The second-order valence-corrected chi connectivity index (χ2v) is 10.3. The van der Waals surface area contributed by atoms with E-state index in [1.165, 1.54) is 11.1 Å². The van der Waals surface area contributed by atoms with Crippen molar-refractivity contribution in [1.29, 1.82) is 0 Å². The second-order valence-electron chi connectivity index (χ2n) is 10.3. The monoisotopic (exact) mass is 468 g/mol. The number of likely N-dealkylation sites (tertiary alicyclic amines) is 1. The Morgan fingerprint density at radius 3 is 2.82 bits per heavy atom. The van der Waals surface area contributed by atoms with E-state index in [-0.39, 0.29) is 42.0 Å². The summed E-state index contributed by atoms with van der Waals surface area (Å²) in [6.07, 6.45) is 6.49. The Labute approximate surface area is 199 Å². The Morgan fingerprint density at radius 2 is 2.09 bits per heavy atom. The highest BCUT2D eigenvalue weighted by Gasteiger charge is 2.79. The third kappa shape index (κ3) is 2.36. The van der Waals surface area contributed by atoms with Crippen LogP contribution in [0.5, 0.6) is 11.5 Å². The summed E-state index contributed by atoms with van der Waals surface area (Å²) >= 11 is 0. The van der Waals surface area contributed by atoms with Gasteiger partial charge in [-0.15, -0.1) is 0 Å². The van der Waals surface area contributed by atoms with Crippen molar-refractivity contribution in [2.75, 3.05) is 41.0 Å². The number of hydrogen-bond donors (Lipinski definition) is 1. The first-order valence-corrected chi connectivity index (χ1v) is 12.1. The number of piperidine rings is 1. The normalized spacial score (nSPS) is 38.2. The van der Waals surface area contributed by atoms with Crippen molar-refractivity contribution >= 4 is 11.9 Å². The van der Waals surface area contributed by atoms with Gasteiger partial charge in [-0.2, -0.15) is 0 Å². The number of carbonyl (C=O) groups is 2. The smallest absolute Gasteiger partial charge is 0.325 e. The first-order valence-electron chi connectivity index (χ1n) is 12.1. The molecule has 1 saturated carbocycles. The minimum atomic E-state index is -0.945. The van der Waals surface area contributed by atoms with Crippen molar-refractivity contribution in [1.82, 2.24) is 10.2 Å². The molecule has 182 valence electrons. The molecule has 1 N–H and O–H groups in total. The first kappa shape index (κ1) is 21.9. The van der Waals surface area contributed by atoms with Gasteiger partial charge in [-0.25, -0.2) is 0 Å². The fourth-order valence-electron chi connectivity index (χ4n) is 8.00. The third-order valence-electron chi connectivity index (χ3n) is 9.31. The molecule has 2 spiro atoms. The van der Waals surface area contributed by atoms with E-state index in [9.17, 15) is 9.59 Å². The highest BCUT2D eigenvalue weighted by molar-refractivity contribution is 5.86. The van der Waals surface area contributed by atoms with E-state index < -0.39 is 17.5 Å². The topological polar surface area (TPSA) is 86.3 Å². The molecule has 6 aliphatic rings. The van der Waals surface area contributed by atoms with E-state index in [0.717, 1.165) is 30.9 Å². The highest BCUT2D eigenvalue weighted by Crippen LogP contribution is 2.74. The molecule has 1 amide bonds. The van der Waals surface area contributed by atoms with E-state index in [1.807, 2.05) is 6.07 Å². The average Bonchev–Trinajstić information content (AvgIpc) is 3.22. The third-order valence-corrected chi connectivity index (χ3v) is 9.31. The van der Waals surface area contributed by atoms with Gasteiger partial charge >= 0.3 is 5.97 Å². The lowest BCUT2D eigenvalue weighted by Crippen LogP contribution is -2.80. The zero-order valence-electron chi connectivity index (χ0n) is 20.2. The van der Waals surface area contributed by atoms with Gasteiger partial charge in [0.05, 0.1) is 25.0 Å². The summed E-state index contributed by atoms with van der Waals surface area (Å²) in [5.41, 5.74) is 1.04. The average molecular weight is 469 g/mol. The number of hydrogen-bond acceptors (Lipinski definition) is 7. The molecule has 0 unspecified atom stereocenters. The molecule has 1 aromatic carbocycles. The van der Waals surface area contributed by atoms with E-state index in [1.54, 1.807) is 21.1 Å². The van der Waals surface area contributed by atoms with Gasteiger partial charge in [0.15, 0.2) is 11.5 Å². The lowest BCUT2D eigenvalue weighted by molar-refractivity contribution is -0.213. The van der Waals surface area contributed by atoms with Crippen molar-refractivity contribution in [3.63, 3.8) is 0 Å². The van der Waals surface area contributed by atoms with Crippen LogP contribution < -0.4 is 14.8 Å². The Hall–Kier alpha value is -2.58. The molecule has 2 aliphatic heterocycles. The molecule has 1 saturated heterocycles. The lowest BCUT2D eigenvalue weighted by atomic mass is 9.37. The van der Waals surface area contributed by atoms with Gasteiger partial charge in [0.2, 0.25) is 5.91 Å². The number of methoxy groups -OCH3 is 2. The van der Waals surface area contributed by atoms with Crippen LogP contribution in [-0.4, -0.2) is 75.5 Å². The summed E-state index contributed by atoms with van der Waals surface area (Å²) in [4.78, 5) is 28.0. The molecular weight excluding hydrogens is 436 g/mol. The maximum Gasteiger partial charge on any atom is 0.325 e. The number of nitrogens with zero attached hydrogens (tertiary/aromatic N) is 1. The number of carbonyl (C=O) groups excluding carboxylic acids is 2. The van der Waals surface area contributed by atoms with Gasteiger partial charge in [0.25, 0.3) is 0 Å². The predicted molar refractivity (Wildman–Crippen MR) is 123 cm³/mol. The summed E-state index contributed by atoms with van der Waals surface area (Å²) in [6.45, 7) is 2.83. The number of amides is 1. The van der Waals surface area contributed by atoms with Crippen molar-refractivity contribution in [2.24, 2.45) is 11.3 Å². The van der Waals surface area contributed by atoms with Crippen molar-refractivity contribution in [2.45, 2.75) is 49.3 Å². The molecule has 4 aliphatic carbocycles. The van der Waals surface area contributed by atoms with Crippen LogP contribution in [-0.2, 0) is 30.9 Å². The summed E-state index contributed by atoms with van der Waals surface area (Å²) < 4.78 is 23.8. The maximum atomic E-state index is 13.6. The molecule has 0 aromatic heterocycles. The first-order chi connectivity index (χ1) is 16.4. The van der Waals surface area contributed by atoms with Crippen LogP contribution in [0.2, 0.25) is 0 Å². The number of esters is 1. The second kappa shape index (κ2) is 7.21. The fraction of sp³-hybridized carbons (Fsp3) is 0.615. The van der Waals surface area contributed by atoms with E-state index in [0.29, 0.717) is 6.42 Å². The summed E-state index contributed by atoms with van der Waals surface area (Å²) in [5.74, 6) is 0.387. The number of benzene rings is 1. The van der Waals surface area contributed by atoms with Gasteiger partial charge < -0.3 is 29.2 Å². The molecule has 1 aromatic rings. The molecule has 7 rings (SSSR count). The van der Waals surface area contributed by atoms with Crippen LogP contribution in [0.25, 0.3) is 0 Å². The quantitative estimate of drug-likeness (QED) is 0.501. The van der Waals surface area contributed by atoms with Crippen molar-refractivity contribution < 1.29 is 28.5 Å². The van der Waals surface area contributed by atoms with Gasteiger partial charge in [-0.1, -0.05) is 18.2 Å². The Kier molecular flexibility index (Phi) is 4.65. The maximum absolute atomic E-state index is 13.6. The largest absolute Gasteiger partial charge is 0.493 e. The zero-order chi connectivity index (χ0) is 23.9. The van der Waals surface area contributed by atoms with E-state index in [4.69, 9.17) is 18.9 Å². The molecule has 0 radical (unpaired) electrons. The lowest BCUT2D eigenvalue weighted by Gasteiger charge is -2.70. The van der Waals surface area contributed by atoms with Gasteiger partial charge in [0, 0.05) is 24.1 Å². The van der Waals surface area contributed by atoms with Crippen LogP contribution in [0.1, 0.15) is 30.9 Å². The minimum absolute atomic E-state index is 0.155. The molecule has 4 bridgehead atoms. The molecular formula is C26H32N2O6. The van der Waals surface area contributed by atoms with Crippen LogP contribution >= 0.6 is 0 Å². The molecule has 8 nitrogen and oxygen atoms in total. The minimum Gasteiger partial charge on any atom is -0.493 e. The van der Waals surface area contributed by atoms with Crippen LogP contribution in [0.15, 0.2) is 24.3 Å². The Balaban J connectivity index is 1.50. The van der Waals surface area contributed by atoms with Gasteiger partial charge in [-0.05, 0) is 51.4 Å². The van der Waals surface area contributed by atoms with Gasteiger partial charge in [0.1, 0.15) is 18.2 Å². The zero-order valence-corrected chi connectivity index (χ0v) is 20.2. The fourth-order valence-corrected chi connectivity index (χ4v) is 8.00. The SMILES string of the molecule is CCOC(=O)CNC(=O)[C@H]1C[C@@]23C=C[C@]1(OC)[C@H]1Oc4c(OC)ccc5c4[C@@]12CCN(C)[C@@H]3C5. The van der Waals surface area contributed by atoms with Crippen molar-refractivity contribution in [3.05, 3.63) is 35.4 Å². The number of fused-ring (bicyclic) bond motifs is 1. The summed E-state index contributed by atoms with van der Waals surface area (Å²) in [5, 5.41) is 2.81. The number of ether oxygens (including phenoxy) is 4.